The van der Waals surface area contributed by atoms with Crippen molar-refractivity contribution < 1.29 is 9.18 Å². The van der Waals surface area contributed by atoms with Gasteiger partial charge >= 0.3 is 0 Å². The second kappa shape index (κ2) is 5.27. The van der Waals surface area contributed by atoms with Crippen molar-refractivity contribution in [2.45, 2.75) is 38.8 Å². The van der Waals surface area contributed by atoms with Gasteiger partial charge in [-0.2, -0.15) is 0 Å². The fraction of sp³-hybridized carbons (Fsp3) is 0.462. The van der Waals surface area contributed by atoms with E-state index in [1.807, 2.05) is 6.92 Å². The highest BCUT2D eigenvalue weighted by atomic mass is 19.1. The minimum absolute atomic E-state index is 0.0317. The predicted octanol–water partition coefficient (Wildman–Crippen LogP) is 1.61. The first-order chi connectivity index (χ1) is 7.79. The summed E-state index contributed by atoms with van der Waals surface area (Å²) >= 11 is 0. The number of carbonyl (C=O) groups excluding carboxylic acids is 1. The van der Waals surface area contributed by atoms with Crippen LogP contribution >= 0.6 is 0 Å². The van der Waals surface area contributed by atoms with Gasteiger partial charge in [0.2, 0.25) is 5.91 Å². The Balaban J connectivity index is 2.53. The van der Waals surface area contributed by atoms with Crippen molar-refractivity contribution in [3.8, 4) is 0 Å². The summed E-state index contributed by atoms with van der Waals surface area (Å²) in [4.78, 5) is 11.6. The van der Waals surface area contributed by atoms with Crippen LogP contribution < -0.4 is 11.1 Å². The standard InChI is InChI=1S/C13H19FN2O/c1-9(16-12(17)13(2,3)15)8-10-4-6-11(14)7-5-10/h4-7,9H,8,15H2,1-3H3,(H,16,17). The summed E-state index contributed by atoms with van der Waals surface area (Å²) < 4.78 is 12.7. The zero-order chi connectivity index (χ0) is 13.1. The van der Waals surface area contributed by atoms with Crippen LogP contribution in [0.2, 0.25) is 0 Å². The van der Waals surface area contributed by atoms with E-state index < -0.39 is 5.54 Å². The molecule has 0 fully saturated rings. The molecule has 0 spiro atoms. The van der Waals surface area contributed by atoms with E-state index in [9.17, 15) is 9.18 Å². The molecule has 0 aliphatic rings. The largest absolute Gasteiger partial charge is 0.352 e. The Kier molecular flexibility index (Phi) is 4.23. The lowest BCUT2D eigenvalue weighted by molar-refractivity contribution is -0.125. The Morgan fingerprint density at radius 3 is 2.41 bits per heavy atom. The number of halogens is 1. The van der Waals surface area contributed by atoms with Gasteiger partial charge in [0.25, 0.3) is 0 Å². The zero-order valence-electron chi connectivity index (χ0n) is 10.5. The van der Waals surface area contributed by atoms with Gasteiger partial charge in [-0.15, -0.1) is 0 Å². The van der Waals surface area contributed by atoms with Gasteiger partial charge in [0.05, 0.1) is 5.54 Å². The summed E-state index contributed by atoms with van der Waals surface area (Å²) in [6, 6.07) is 6.22. The molecule has 4 heteroatoms. The molecule has 0 heterocycles. The summed E-state index contributed by atoms with van der Waals surface area (Å²) in [6.07, 6.45) is 0.655. The maximum atomic E-state index is 12.7. The van der Waals surface area contributed by atoms with Crippen LogP contribution in [0.25, 0.3) is 0 Å². The maximum absolute atomic E-state index is 12.7. The minimum Gasteiger partial charge on any atom is -0.352 e. The van der Waals surface area contributed by atoms with Gasteiger partial charge in [0.15, 0.2) is 0 Å². The number of carbonyl (C=O) groups is 1. The van der Waals surface area contributed by atoms with E-state index in [1.165, 1.54) is 12.1 Å². The van der Waals surface area contributed by atoms with Crippen LogP contribution in [-0.2, 0) is 11.2 Å². The van der Waals surface area contributed by atoms with Crippen molar-refractivity contribution in [3.05, 3.63) is 35.6 Å². The summed E-state index contributed by atoms with van der Waals surface area (Å²) in [5.74, 6) is -0.444. The van der Waals surface area contributed by atoms with Crippen molar-refractivity contribution in [3.63, 3.8) is 0 Å². The average molecular weight is 238 g/mol. The number of benzene rings is 1. The first-order valence-electron chi connectivity index (χ1n) is 5.63. The topological polar surface area (TPSA) is 55.1 Å². The first-order valence-corrected chi connectivity index (χ1v) is 5.63. The molecule has 1 atom stereocenters. The highest BCUT2D eigenvalue weighted by molar-refractivity contribution is 5.85. The second-order valence-corrected chi connectivity index (χ2v) is 4.93. The quantitative estimate of drug-likeness (QED) is 0.837. The molecule has 0 aliphatic heterocycles. The minimum atomic E-state index is -0.878. The third-order valence-corrected chi connectivity index (χ3v) is 2.42. The maximum Gasteiger partial charge on any atom is 0.239 e. The number of rotatable bonds is 4. The van der Waals surface area contributed by atoms with Gasteiger partial charge in [-0.3, -0.25) is 4.79 Å². The van der Waals surface area contributed by atoms with Crippen molar-refractivity contribution in [2.75, 3.05) is 0 Å². The fourth-order valence-electron chi connectivity index (χ4n) is 1.43. The lowest BCUT2D eigenvalue weighted by Gasteiger charge is -2.21. The summed E-state index contributed by atoms with van der Waals surface area (Å²) in [7, 11) is 0. The van der Waals surface area contributed by atoms with Crippen molar-refractivity contribution >= 4 is 5.91 Å². The van der Waals surface area contributed by atoms with Gasteiger partial charge in [0.1, 0.15) is 5.82 Å². The summed E-state index contributed by atoms with van der Waals surface area (Å²) in [5.41, 5.74) is 5.78. The van der Waals surface area contributed by atoms with E-state index in [4.69, 9.17) is 5.73 Å². The van der Waals surface area contributed by atoms with E-state index in [1.54, 1.807) is 26.0 Å². The number of nitrogens with two attached hydrogens (primary N) is 1. The fourth-order valence-corrected chi connectivity index (χ4v) is 1.43. The first kappa shape index (κ1) is 13.6. The van der Waals surface area contributed by atoms with Gasteiger partial charge in [-0.25, -0.2) is 4.39 Å². The monoisotopic (exact) mass is 238 g/mol. The van der Waals surface area contributed by atoms with Crippen molar-refractivity contribution in [1.82, 2.24) is 5.32 Å². The molecule has 1 unspecified atom stereocenters. The Morgan fingerprint density at radius 2 is 1.94 bits per heavy atom. The number of nitrogens with one attached hydrogen (secondary N) is 1. The molecule has 0 bridgehead atoms. The molecule has 0 aliphatic carbocycles. The van der Waals surface area contributed by atoms with Gasteiger partial charge in [-0.05, 0) is 44.9 Å². The van der Waals surface area contributed by atoms with Crippen LogP contribution in [0.15, 0.2) is 24.3 Å². The molecule has 3 nitrogen and oxygen atoms in total. The summed E-state index contributed by atoms with van der Waals surface area (Å²) in [5, 5.41) is 2.83. The van der Waals surface area contributed by atoms with E-state index in [0.29, 0.717) is 6.42 Å². The Hall–Kier alpha value is -1.42. The molecule has 94 valence electrons. The Morgan fingerprint density at radius 1 is 1.41 bits per heavy atom. The number of hydrogen-bond acceptors (Lipinski definition) is 2. The average Bonchev–Trinajstić information content (AvgIpc) is 2.20. The zero-order valence-corrected chi connectivity index (χ0v) is 10.5. The van der Waals surface area contributed by atoms with E-state index in [-0.39, 0.29) is 17.8 Å². The highest BCUT2D eigenvalue weighted by Gasteiger charge is 2.22. The SMILES string of the molecule is CC(Cc1ccc(F)cc1)NC(=O)C(C)(C)N. The molecule has 1 amide bonds. The van der Waals surface area contributed by atoms with Crippen LogP contribution in [0.3, 0.4) is 0 Å². The second-order valence-electron chi connectivity index (χ2n) is 4.93. The molecular formula is C13H19FN2O. The van der Waals surface area contributed by atoms with Crippen molar-refractivity contribution in [2.24, 2.45) is 5.73 Å². The Labute approximate surface area is 101 Å². The van der Waals surface area contributed by atoms with Crippen LogP contribution in [0.1, 0.15) is 26.3 Å². The molecule has 0 saturated carbocycles. The molecule has 1 rings (SSSR count). The molecule has 0 saturated heterocycles. The van der Waals surface area contributed by atoms with E-state index in [2.05, 4.69) is 5.32 Å². The lowest BCUT2D eigenvalue weighted by Crippen LogP contribution is -2.51. The normalized spacial score (nSPS) is 13.2. The van der Waals surface area contributed by atoms with E-state index >= 15 is 0 Å². The summed E-state index contributed by atoms with van der Waals surface area (Å²) in [6.45, 7) is 5.22. The van der Waals surface area contributed by atoms with Crippen LogP contribution in [0, 0.1) is 5.82 Å². The molecule has 1 aromatic carbocycles. The van der Waals surface area contributed by atoms with Crippen molar-refractivity contribution in [1.29, 1.82) is 0 Å². The van der Waals surface area contributed by atoms with Crippen LogP contribution in [-0.4, -0.2) is 17.5 Å². The van der Waals surface area contributed by atoms with E-state index in [0.717, 1.165) is 5.56 Å². The lowest BCUT2D eigenvalue weighted by atomic mass is 10.0. The molecular weight excluding hydrogens is 219 g/mol. The van der Waals surface area contributed by atoms with Crippen LogP contribution in [0.5, 0.6) is 0 Å². The third-order valence-electron chi connectivity index (χ3n) is 2.42. The third kappa shape index (κ3) is 4.53. The van der Waals surface area contributed by atoms with Gasteiger partial charge < -0.3 is 11.1 Å². The molecule has 1 aromatic rings. The smallest absolute Gasteiger partial charge is 0.239 e. The number of amides is 1. The Bertz CT molecular complexity index is 381. The molecule has 0 radical (unpaired) electrons. The van der Waals surface area contributed by atoms with Gasteiger partial charge in [0, 0.05) is 6.04 Å². The molecule has 3 N–H and O–H groups in total. The van der Waals surface area contributed by atoms with Gasteiger partial charge in [-0.1, -0.05) is 12.1 Å². The molecule has 0 aromatic heterocycles. The van der Waals surface area contributed by atoms with Crippen LogP contribution in [0.4, 0.5) is 4.39 Å². The molecule has 17 heavy (non-hydrogen) atoms. The predicted molar refractivity (Wildman–Crippen MR) is 66.0 cm³/mol. The number of hydrogen-bond donors (Lipinski definition) is 2. The highest BCUT2D eigenvalue weighted by Crippen LogP contribution is 2.06.